The van der Waals surface area contributed by atoms with Gasteiger partial charge < -0.3 is 4.74 Å². The van der Waals surface area contributed by atoms with Crippen LogP contribution in [0.25, 0.3) is 11.8 Å². The van der Waals surface area contributed by atoms with Crippen LogP contribution >= 0.6 is 15.9 Å². The Balaban J connectivity index is 1.75. The average molecular weight is 502 g/mol. The maximum absolute atomic E-state index is 12.4. The van der Waals surface area contributed by atoms with Crippen LogP contribution in [0.4, 0.5) is 0 Å². The summed E-state index contributed by atoms with van der Waals surface area (Å²) in [4.78, 5) is 12.2. The van der Waals surface area contributed by atoms with Crippen molar-refractivity contribution in [1.29, 1.82) is 0 Å². The first kappa shape index (κ1) is 21.2. The van der Waals surface area contributed by atoms with Gasteiger partial charge in [0.05, 0.1) is 22.9 Å². The molecule has 0 amide bonds. The lowest BCUT2D eigenvalue weighted by molar-refractivity contribution is -0.519. The van der Waals surface area contributed by atoms with E-state index in [1.807, 2.05) is 91.9 Å². The van der Waals surface area contributed by atoms with E-state index in [0.717, 1.165) is 26.9 Å². The van der Waals surface area contributed by atoms with Crippen molar-refractivity contribution >= 4 is 22.0 Å². The van der Waals surface area contributed by atoms with E-state index in [0.29, 0.717) is 11.6 Å². The molecule has 0 saturated carbocycles. The predicted molar refractivity (Wildman–Crippen MR) is 130 cm³/mol. The molecule has 3 aromatic carbocycles. The minimum absolute atomic E-state index is 0.259. The Morgan fingerprint density at radius 3 is 2.27 bits per heavy atom. The van der Waals surface area contributed by atoms with Gasteiger partial charge >= 0.3 is 0 Å². The molecule has 4 aromatic rings. The van der Waals surface area contributed by atoms with Crippen LogP contribution in [0.1, 0.15) is 28.3 Å². The summed E-state index contributed by atoms with van der Waals surface area (Å²) >= 11 is 3.43. The molecule has 0 radical (unpaired) electrons. The van der Waals surface area contributed by atoms with Gasteiger partial charge in [-0.3, -0.25) is 10.1 Å². The lowest BCUT2D eigenvalue weighted by atomic mass is 9.82. The fraction of sp³-hybridized carbons (Fsp3) is 0.115. The Morgan fingerprint density at radius 1 is 1.00 bits per heavy atom. The van der Waals surface area contributed by atoms with Crippen LogP contribution in [-0.2, 0) is 0 Å². The molecule has 0 spiro atoms. The van der Waals surface area contributed by atoms with E-state index >= 15 is 0 Å². The van der Waals surface area contributed by atoms with E-state index in [1.165, 1.54) is 0 Å². The highest BCUT2D eigenvalue weighted by molar-refractivity contribution is 9.10. The Morgan fingerprint density at radius 2 is 1.64 bits per heavy atom. The van der Waals surface area contributed by atoms with Gasteiger partial charge in [0.15, 0.2) is 5.76 Å². The van der Waals surface area contributed by atoms with Crippen LogP contribution < -0.4 is 4.74 Å². The second-order valence-electron chi connectivity index (χ2n) is 7.87. The van der Waals surface area contributed by atoms with Gasteiger partial charge in [0.1, 0.15) is 0 Å². The molecular weight excluding hydrogens is 482 g/mol. The van der Waals surface area contributed by atoms with Crippen molar-refractivity contribution < 1.29 is 9.66 Å². The highest BCUT2D eigenvalue weighted by Crippen LogP contribution is 2.46. The van der Waals surface area contributed by atoms with Crippen LogP contribution in [0.5, 0.6) is 5.88 Å². The number of hydrogen-bond acceptors (Lipinski definition) is 4. The first-order valence-corrected chi connectivity index (χ1v) is 11.3. The summed E-state index contributed by atoms with van der Waals surface area (Å²) in [7, 11) is 0. The average Bonchev–Trinajstić information content (AvgIpc) is 3.16. The lowest BCUT2D eigenvalue weighted by Gasteiger charge is -2.29. The molecule has 0 N–H and O–H groups in total. The number of fused-ring (bicyclic) bond motifs is 1. The number of rotatable bonds is 4. The molecular formula is C26H20BrN3O3. The SMILES string of the molecule is Cc1nn(-c2ccccc2)c2c1[C@@H](c1ccccc1)[C@H]([N+](=O)[O-])/C(=C/c1ccc(Br)cc1)O2. The maximum Gasteiger partial charge on any atom is 0.280 e. The van der Waals surface area contributed by atoms with Gasteiger partial charge in [-0.2, -0.15) is 5.10 Å². The zero-order valence-corrected chi connectivity index (χ0v) is 19.3. The number of nitro groups is 1. The molecule has 164 valence electrons. The second-order valence-corrected chi connectivity index (χ2v) is 8.79. The number of ether oxygens (including phenoxy) is 1. The van der Waals surface area contributed by atoms with E-state index in [-0.39, 0.29) is 10.7 Å². The minimum atomic E-state index is -1.09. The number of hydrogen-bond donors (Lipinski definition) is 0. The standard InChI is InChI=1S/C26H20BrN3O3/c1-17-23-24(19-8-4-2-5-9-19)25(30(31)32)22(16-18-12-14-20(27)15-13-18)33-26(23)29(28-17)21-10-6-3-7-11-21/h2-16,24-25H,1H3/b22-16-/t24-,25-/m1/s1. The Labute approximate surface area is 199 Å². The Kier molecular flexibility index (Phi) is 5.56. The van der Waals surface area contributed by atoms with Crippen molar-refractivity contribution in [3.8, 4) is 11.6 Å². The van der Waals surface area contributed by atoms with E-state index in [9.17, 15) is 10.1 Å². The van der Waals surface area contributed by atoms with Gasteiger partial charge in [-0.1, -0.05) is 76.6 Å². The lowest BCUT2D eigenvalue weighted by Crippen LogP contribution is -2.36. The molecule has 33 heavy (non-hydrogen) atoms. The molecule has 0 aliphatic carbocycles. The minimum Gasteiger partial charge on any atom is -0.436 e. The van der Waals surface area contributed by atoms with Crippen LogP contribution in [0, 0.1) is 17.0 Å². The van der Waals surface area contributed by atoms with Crippen LogP contribution in [0.15, 0.2) is 95.2 Å². The first-order chi connectivity index (χ1) is 16.0. The smallest absolute Gasteiger partial charge is 0.280 e. The summed E-state index contributed by atoms with van der Waals surface area (Å²) in [5.74, 6) is 0.249. The summed E-state index contributed by atoms with van der Waals surface area (Å²) < 4.78 is 8.97. The van der Waals surface area contributed by atoms with Crippen molar-refractivity contribution in [3.63, 3.8) is 0 Å². The molecule has 7 heteroatoms. The third-order valence-electron chi connectivity index (χ3n) is 5.76. The first-order valence-electron chi connectivity index (χ1n) is 10.5. The Hall–Kier alpha value is -3.71. The molecule has 1 aliphatic rings. The number of halogens is 1. The van der Waals surface area contributed by atoms with Gasteiger partial charge in [0.2, 0.25) is 5.88 Å². The molecule has 1 aliphatic heterocycles. The second kappa shape index (κ2) is 8.67. The maximum atomic E-state index is 12.4. The zero-order valence-electron chi connectivity index (χ0n) is 17.8. The van der Waals surface area contributed by atoms with E-state index in [2.05, 4.69) is 15.9 Å². The molecule has 2 heterocycles. The molecule has 0 saturated heterocycles. The van der Waals surface area contributed by atoms with E-state index in [4.69, 9.17) is 9.84 Å². The molecule has 1 aromatic heterocycles. The molecule has 2 atom stereocenters. The molecule has 0 unspecified atom stereocenters. The number of aromatic nitrogens is 2. The molecule has 0 fully saturated rings. The fourth-order valence-corrected chi connectivity index (χ4v) is 4.55. The highest BCUT2D eigenvalue weighted by Gasteiger charge is 2.47. The summed E-state index contributed by atoms with van der Waals surface area (Å²) in [5, 5.41) is 17.2. The van der Waals surface area contributed by atoms with Crippen molar-refractivity contribution in [2.45, 2.75) is 18.9 Å². The summed E-state index contributed by atoms with van der Waals surface area (Å²) in [5.41, 5.74) is 3.94. The van der Waals surface area contributed by atoms with Crippen molar-refractivity contribution in [3.05, 3.63) is 128 Å². The number of benzene rings is 3. The monoisotopic (exact) mass is 501 g/mol. The molecule has 0 bridgehead atoms. The summed E-state index contributed by atoms with van der Waals surface area (Å²) in [6.45, 7) is 1.87. The van der Waals surface area contributed by atoms with Gasteiger partial charge in [0.25, 0.3) is 6.04 Å². The highest BCUT2D eigenvalue weighted by atomic mass is 79.9. The topological polar surface area (TPSA) is 70.2 Å². The molecule has 5 rings (SSSR count). The van der Waals surface area contributed by atoms with Crippen molar-refractivity contribution in [1.82, 2.24) is 9.78 Å². The van der Waals surface area contributed by atoms with E-state index < -0.39 is 12.0 Å². The fourth-order valence-electron chi connectivity index (χ4n) is 4.29. The third kappa shape index (κ3) is 3.96. The van der Waals surface area contributed by atoms with Crippen LogP contribution in [-0.4, -0.2) is 20.7 Å². The van der Waals surface area contributed by atoms with Crippen LogP contribution in [0.3, 0.4) is 0 Å². The van der Waals surface area contributed by atoms with Crippen molar-refractivity contribution in [2.24, 2.45) is 0 Å². The third-order valence-corrected chi connectivity index (χ3v) is 6.29. The van der Waals surface area contributed by atoms with Crippen LogP contribution in [0.2, 0.25) is 0 Å². The summed E-state index contributed by atoms with van der Waals surface area (Å²) in [6, 6.07) is 25.7. The zero-order chi connectivity index (χ0) is 22.9. The number of aryl methyl sites for hydroxylation is 1. The predicted octanol–water partition coefficient (Wildman–Crippen LogP) is 6.15. The van der Waals surface area contributed by atoms with Gasteiger partial charge in [-0.05, 0) is 48.4 Å². The Bertz CT molecular complexity index is 1330. The van der Waals surface area contributed by atoms with Gasteiger partial charge in [-0.15, -0.1) is 0 Å². The summed E-state index contributed by atoms with van der Waals surface area (Å²) in [6.07, 6.45) is 1.75. The van der Waals surface area contributed by atoms with Crippen molar-refractivity contribution in [2.75, 3.05) is 0 Å². The largest absolute Gasteiger partial charge is 0.436 e. The number of nitrogens with zero attached hydrogens (tertiary/aromatic N) is 3. The quantitative estimate of drug-likeness (QED) is 0.248. The van der Waals surface area contributed by atoms with E-state index in [1.54, 1.807) is 10.8 Å². The normalized spacial score (nSPS) is 18.5. The number of para-hydroxylation sites is 1. The molecule has 6 nitrogen and oxygen atoms in total. The van der Waals surface area contributed by atoms with Gasteiger partial charge in [0, 0.05) is 9.40 Å². The van der Waals surface area contributed by atoms with Gasteiger partial charge in [-0.25, -0.2) is 4.68 Å².